The van der Waals surface area contributed by atoms with Crippen LogP contribution < -0.4 is 5.32 Å². The Bertz CT molecular complexity index is 542. The molecule has 1 N–H and O–H groups in total. The molecule has 1 saturated carbocycles. The second-order valence-electron chi connectivity index (χ2n) is 5.23. The Morgan fingerprint density at radius 3 is 2.52 bits per heavy atom. The van der Waals surface area contributed by atoms with Gasteiger partial charge in [-0.3, -0.25) is 9.59 Å². The Morgan fingerprint density at radius 1 is 1.24 bits per heavy atom. The van der Waals surface area contributed by atoms with Crippen molar-refractivity contribution in [2.45, 2.75) is 32.3 Å². The van der Waals surface area contributed by atoms with Gasteiger partial charge in [0.05, 0.1) is 6.07 Å². The summed E-state index contributed by atoms with van der Waals surface area (Å²) in [4.78, 5) is 23.6. The first-order valence-corrected chi connectivity index (χ1v) is 7.05. The third-order valence-corrected chi connectivity index (χ3v) is 3.74. The highest BCUT2D eigenvalue weighted by Gasteiger charge is 2.41. The number of carbonyl (C=O) groups excluding carboxylic acids is 2. The van der Waals surface area contributed by atoms with Gasteiger partial charge in [-0.05, 0) is 18.4 Å². The molecule has 2 rings (SSSR count). The van der Waals surface area contributed by atoms with Crippen LogP contribution in [-0.2, 0) is 20.9 Å². The first-order valence-electron chi connectivity index (χ1n) is 7.05. The van der Waals surface area contributed by atoms with Gasteiger partial charge >= 0.3 is 5.97 Å². The van der Waals surface area contributed by atoms with Crippen molar-refractivity contribution in [1.82, 2.24) is 5.32 Å². The summed E-state index contributed by atoms with van der Waals surface area (Å²) >= 11 is 0. The number of rotatable bonds is 5. The predicted molar refractivity (Wildman–Crippen MR) is 75.8 cm³/mol. The minimum absolute atomic E-state index is 0.180. The molecule has 21 heavy (non-hydrogen) atoms. The third-order valence-electron chi connectivity index (χ3n) is 3.74. The number of nitrogens with zero attached hydrogens (tertiary/aromatic N) is 1. The lowest BCUT2D eigenvalue weighted by molar-refractivity contribution is -0.145. The van der Waals surface area contributed by atoms with Gasteiger partial charge in [0.1, 0.15) is 18.6 Å². The molecule has 0 heterocycles. The molecule has 0 spiro atoms. The minimum atomic E-state index is -0.959. The molecule has 1 aromatic rings. The van der Waals surface area contributed by atoms with Crippen LogP contribution >= 0.6 is 0 Å². The van der Waals surface area contributed by atoms with Crippen molar-refractivity contribution in [3.8, 4) is 6.07 Å². The van der Waals surface area contributed by atoms with Crippen LogP contribution in [0.15, 0.2) is 30.3 Å². The highest BCUT2D eigenvalue weighted by Crippen LogP contribution is 2.37. The molecule has 0 saturated heterocycles. The number of amides is 1. The van der Waals surface area contributed by atoms with Crippen molar-refractivity contribution in [3.05, 3.63) is 35.9 Å². The fourth-order valence-electron chi connectivity index (χ4n) is 2.48. The van der Waals surface area contributed by atoms with E-state index < -0.39 is 11.4 Å². The molecule has 5 heteroatoms. The van der Waals surface area contributed by atoms with Crippen LogP contribution in [0.4, 0.5) is 0 Å². The van der Waals surface area contributed by atoms with Crippen molar-refractivity contribution in [2.24, 2.45) is 5.41 Å². The van der Waals surface area contributed by atoms with Crippen LogP contribution in [0.3, 0.4) is 0 Å². The van der Waals surface area contributed by atoms with Gasteiger partial charge in [0.15, 0.2) is 0 Å². The molecule has 0 bridgehead atoms. The average molecular weight is 286 g/mol. The summed E-state index contributed by atoms with van der Waals surface area (Å²) in [6, 6.07) is 11.4. The van der Waals surface area contributed by atoms with Crippen molar-refractivity contribution in [1.29, 1.82) is 5.26 Å². The Kier molecular flexibility index (Phi) is 4.94. The summed E-state index contributed by atoms with van der Waals surface area (Å²) in [6.07, 6.45) is 2.88. The summed E-state index contributed by atoms with van der Waals surface area (Å²) in [7, 11) is 0. The normalized spacial score (nSPS) is 16.0. The monoisotopic (exact) mass is 286 g/mol. The van der Waals surface area contributed by atoms with E-state index in [1.165, 1.54) is 0 Å². The highest BCUT2D eigenvalue weighted by atomic mass is 16.5. The number of esters is 1. The summed E-state index contributed by atoms with van der Waals surface area (Å²) in [5.41, 5.74) is -0.0684. The third kappa shape index (κ3) is 3.82. The van der Waals surface area contributed by atoms with Gasteiger partial charge in [-0.2, -0.15) is 5.26 Å². The maximum atomic E-state index is 12.0. The largest absolute Gasteiger partial charge is 0.460 e. The molecule has 0 radical (unpaired) electrons. The topological polar surface area (TPSA) is 79.2 Å². The second-order valence-corrected chi connectivity index (χ2v) is 5.23. The highest BCUT2D eigenvalue weighted by molar-refractivity contribution is 5.88. The van der Waals surface area contributed by atoms with E-state index in [-0.39, 0.29) is 19.1 Å². The lowest BCUT2D eigenvalue weighted by Gasteiger charge is -2.18. The second kappa shape index (κ2) is 6.89. The van der Waals surface area contributed by atoms with Crippen LogP contribution in [0, 0.1) is 16.7 Å². The molecular weight excluding hydrogens is 268 g/mol. The van der Waals surface area contributed by atoms with Crippen molar-refractivity contribution in [2.75, 3.05) is 6.54 Å². The van der Waals surface area contributed by atoms with E-state index in [1.54, 1.807) is 0 Å². The van der Waals surface area contributed by atoms with Gasteiger partial charge in [0.25, 0.3) is 0 Å². The van der Waals surface area contributed by atoms with Gasteiger partial charge < -0.3 is 10.1 Å². The van der Waals surface area contributed by atoms with E-state index in [0.717, 1.165) is 18.4 Å². The number of nitriles is 1. The molecule has 1 aliphatic carbocycles. The fraction of sp³-hybridized carbons (Fsp3) is 0.438. The number of hydrogen-bond acceptors (Lipinski definition) is 4. The number of ether oxygens (including phenoxy) is 1. The molecule has 110 valence electrons. The van der Waals surface area contributed by atoms with Crippen molar-refractivity contribution >= 4 is 11.9 Å². The first-order chi connectivity index (χ1) is 10.2. The summed E-state index contributed by atoms with van der Waals surface area (Å²) in [6.45, 7) is -0.0198. The van der Waals surface area contributed by atoms with E-state index in [2.05, 4.69) is 11.4 Å². The number of carbonyl (C=O) groups is 2. The fourth-order valence-corrected chi connectivity index (χ4v) is 2.48. The van der Waals surface area contributed by atoms with Crippen LogP contribution in [0.25, 0.3) is 0 Å². The van der Waals surface area contributed by atoms with E-state index in [1.807, 2.05) is 30.3 Å². The van der Waals surface area contributed by atoms with Gasteiger partial charge in [-0.15, -0.1) is 0 Å². The standard InChI is InChI=1S/C16H18N2O3/c17-12-16(8-4-5-9-16)15(20)18-10-14(19)21-11-13-6-2-1-3-7-13/h1-3,6-7H,4-5,8-11H2,(H,18,20). The Labute approximate surface area is 123 Å². The van der Waals surface area contributed by atoms with Crippen LogP contribution in [0.2, 0.25) is 0 Å². The Balaban J connectivity index is 1.76. The molecule has 1 aromatic carbocycles. The molecular formula is C16H18N2O3. The minimum Gasteiger partial charge on any atom is -0.460 e. The van der Waals surface area contributed by atoms with Gasteiger partial charge in [-0.25, -0.2) is 0 Å². The van der Waals surface area contributed by atoms with E-state index >= 15 is 0 Å². The maximum absolute atomic E-state index is 12.0. The summed E-state index contributed by atoms with van der Waals surface area (Å²) in [5, 5.41) is 11.7. The Morgan fingerprint density at radius 2 is 1.90 bits per heavy atom. The van der Waals surface area contributed by atoms with Gasteiger partial charge in [-0.1, -0.05) is 43.2 Å². The number of nitrogens with one attached hydrogen (secondary N) is 1. The zero-order valence-corrected chi connectivity index (χ0v) is 11.8. The number of hydrogen-bond donors (Lipinski definition) is 1. The molecule has 1 amide bonds. The zero-order chi connectivity index (χ0) is 15.1. The van der Waals surface area contributed by atoms with Crippen LogP contribution in [0.1, 0.15) is 31.2 Å². The lowest BCUT2D eigenvalue weighted by atomic mass is 9.87. The first kappa shape index (κ1) is 15.0. The average Bonchev–Trinajstić information content (AvgIpc) is 3.02. The molecule has 1 aliphatic rings. The van der Waals surface area contributed by atoms with Gasteiger partial charge in [0.2, 0.25) is 5.91 Å². The van der Waals surface area contributed by atoms with Crippen LogP contribution in [-0.4, -0.2) is 18.4 Å². The molecule has 1 fully saturated rings. The van der Waals surface area contributed by atoms with Gasteiger partial charge in [0, 0.05) is 0 Å². The molecule has 0 atom stereocenters. The molecule has 5 nitrogen and oxygen atoms in total. The van der Waals surface area contributed by atoms with Crippen LogP contribution in [0.5, 0.6) is 0 Å². The van der Waals surface area contributed by atoms with E-state index in [9.17, 15) is 14.9 Å². The SMILES string of the molecule is N#CC1(C(=O)NCC(=O)OCc2ccccc2)CCCC1. The van der Waals surface area contributed by atoms with E-state index in [0.29, 0.717) is 12.8 Å². The molecule has 0 unspecified atom stereocenters. The Hall–Kier alpha value is -2.35. The number of benzene rings is 1. The van der Waals surface area contributed by atoms with Crippen molar-refractivity contribution < 1.29 is 14.3 Å². The molecule has 0 aromatic heterocycles. The van der Waals surface area contributed by atoms with E-state index in [4.69, 9.17) is 4.74 Å². The zero-order valence-electron chi connectivity index (χ0n) is 11.8. The summed E-state index contributed by atoms with van der Waals surface area (Å²) in [5.74, 6) is -0.863. The maximum Gasteiger partial charge on any atom is 0.325 e. The molecule has 0 aliphatic heterocycles. The predicted octanol–water partition coefficient (Wildman–Crippen LogP) is 1.93. The summed E-state index contributed by atoms with van der Waals surface area (Å²) < 4.78 is 5.07. The quantitative estimate of drug-likeness (QED) is 0.839. The smallest absolute Gasteiger partial charge is 0.325 e. The lowest BCUT2D eigenvalue weighted by Crippen LogP contribution is -2.41. The van der Waals surface area contributed by atoms with Crippen molar-refractivity contribution in [3.63, 3.8) is 0 Å².